The Morgan fingerprint density at radius 1 is 1.14 bits per heavy atom. The molecule has 1 heterocycles. The van der Waals surface area contributed by atoms with E-state index in [0.29, 0.717) is 0 Å². The molecule has 14 heavy (non-hydrogen) atoms. The van der Waals surface area contributed by atoms with E-state index in [1.54, 1.807) is 0 Å². The first kappa shape index (κ1) is 9.97. The molecule has 78 valence electrons. The number of hydrogen-bond acceptors (Lipinski definition) is 1. The van der Waals surface area contributed by atoms with Crippen LogP contribution in [-0.4, -0.2) is 13.1 Å². The maximum absolute atomic E-state index is 3.43. The molecule has 0 amide bonds. The van der Waals surface area contributed by atoms with E-state index in [1.807, 2.05) is 0 Å². The number of rotatable bonds is 2. The fraction of sp³-hybridized carbons (Fsp3) is 0.692. The zero-order chi connectivity index (χ0) is 9.80. The zero-order valence-electron chi connectivity index (χ0n) is 9.08. The van der Waals surface area contributed by atoms with E-state index in [1.165, 1.54) is 32.4 Å². The van der Waals surface area contributed by atoms with Crippen molar-refractivity contribution in [1.29, 1.82) is 0 Å². The standard InChI is InChI=1S/C13H21N/c1-11-4-2-3-5-13(11)10-12-6-8-14-9-7-12/h2-5,11-14H,6-10H2,1H3. The summed E-state index contributed by atoms with van der Waals surface area (Å²) in [5.74, 6) is 2.50. The zero-order valence-corrected chi connectivity index (χ0v) is 9.08. The molecule has 2 rings (SSSR count). The fourth-order valence-electron chi connectivity index (χ4n) is 2.56. The minimum atomic E-state index is 0.745. The smallest absolute Gasteiger partial charge is 0.00463 e. The number of allylic oxidation sites excluding steroid dienone is 4. The van der Waals surface area contributed by atoms with Gasteiger partial charge in [-0.15, -0.1) is 0 Å². The van der Waals surface area contributed by atoms with Crippen molar-refractivity contribution in [2.24, 2.45) is 17.8 Å². The van der Waals surface area contributed by atoms with Gasteiger partial charge in [0.2, 0.25) is 0 Å². The van der Waals surface area contributed by atoms with Gasteiger partial charge in [-0.1, -0.05) is 31.2 Å². The Morgan fingerprint density at radius 3 is 2.57 bits per heavy atom. The molecule has 0 saturated carbocycles. The monoisotopic (exact) mass is 191 g/mol. The van der Waals surface area contributed by atoms with Gasteiger partial charge in [0.05, 0.1) is 0 Å². The first-order chi connectivity index (χ1) is 6.86. The molecule has 1 heteroatoms. The van der Waals surface area contributed by atoms with Gasteiger partial charge in [-0.2, -0.15) is 0 Å². The van der Waals surface area contributed by atoms with Crippen LogP contribution in [0.15, 0.2) is 24.3 Å². The van der Waals surface area contributed by atoms with Gasteiger partial charge in [0, 0.05) is 0 Å². The first-order valence-electron chi connectivity index (χ1n) is 5.92. The summed E-state index contributed by atoms with van der Waals surface area (Å²) in [5.41, 5.74) is 0. The van der Waals surface area contributed by atoms with Gasteiger partial charge >= 0.3 is 0 Å². The second-order valence-corrected chi connectivity index (χ2v) is 4.72. The second kappa shape index (κ2) is 4.79. The fourth-order valence-corrected chi connectivity index (χ4v) is 2.56. The molecule has 0 aromatic heterocycles. The third-order valence-corrected chi connectivity index (χ3v) is 3.62. The normalized spacial score (nSPS) is 33.5. The highest BCUT2D eigenvalue weighted by Crippen LogP contribution is 2.29. The molecule has 1 nitrogen and oxygen atoms in total. The molecule has 1 aliphatic carbocycles. The van der Waals surface area contributed by atoms with E-state index < -0.39 is 0 Å². The van der Waals surface area contributed by atoms with E-state index in [2.05, 4.69) is 36.5 Å². The molecule has 0 spiro atoms. The van der Waals surface area contributed by atoms with Crippen LogP contribution in [0.1, 0.15) is 26.2 Å². The van der Waals surface area contributed by atoms with Crippen LogP contribution in [0, 0.1) is 17.8 Å². The van der Waals surface area contributed by atoms with Crippen molar-refractivity contribution in [3.05, 3.63) is 24.3 Å². The molecule has 2 aliphatic rings. The van der Waals surface area contributed by atoms with Crippen molar-refractivity contribution < 1.29 is 0 Å². The van der Waals surface area contributed by atoms with Gasteiger partial charge in [0.25, 0.3) is 0 Å². The number of hydrogen-bond donors (Lipinski definition) is 1. The minimum Gasteiger partial charge on any atom is -0.317 e. The third kappa shape index (κ3) is 2.48. The van der Waals surface area contributed by atoms with E-state index in [-0.39, 0.29) is 0 Å². The summed E-state index contributed by atoms with van der Waals surface area (Å²) in [5, 5.41) is 3.43. The van der Waals surface area contributed by atoms with E-state index in [4.69, 9.17) is 0 Å². The molecule has 0 radical (unpaired) electrons. The Morgan fingerprint density at radius 2 is 1.86 bits per heavy atom. The number of nitrogens with one attached hydrogen (secondary N) is 1. The highest BCUT2D eigenvalue weighted by atomic mass is 14.9. The van der Waals surface area contributed by atoms with Crippen molar-refractivity contribution in [3.8, 4) is 0 Å². The van der Waals surface area contributed by atoms with Crippen LogP contribution < -0.4 is 5.32 Å². The Bertz CT molecular complexity index is 223. The largest absolute Gasteiger partial charge is 0.317 e. The maximum atomic E-state index is 3.43. The lowest BCUT2D eigenvalue weighted by Crippen LogP contribution is -2.29. The van der Waals surface area contributed by atoms with Crippen molar-refractivity contribution >= 4 is 0 Å². The molecule has 2 unspecified atom stereocenters. The SMILES string of the molecule is CC1C=CC=CC1CC1CCNCC1. The molecule has 1 fully saturated rings. The molecule has 1 saturated heterocycles. The number of piperidine rings is 1. The lowest BCUT2D eigenvalue weighted by molar-refractivity contribution is 0.298. The van der Waals surface area contributed by atoms with Crippen LogP contribution in [-0.2, 0) is 0 Å². The lowest BCUT2D eigenvalue weighted by Gasteiger charge is -2.28. The van der Waals surface area contributed by atoms with E-state index in [9.17, 15) is 0 Å². The van der Waals surface area contributed by atoms with Gasteiger partial charge in [-0.3, -0.25) is 0 Å². The molecule has 0 bridgehead atoms. The minimum absolute atomic E-state index is 0.745. The third-order valence-electron chi connectivity index (χ3n) is 3.62. The highest BCUT2D eigenvalue weighted by molar-refractivity contribution is 5.13. The summed E-state index contributed by atoms with van der Waals surface area (Å²) in [4.78, 5) is 0. The van der Waals surface area contributed by atoms with Crippen molar-refractivity contribution in [1.82, 2.24) is 5.32 Å². The summed E-state index contributed by atoms with van der Waals surface area (Å²) in [6.45, 7) is 4.79. The highest BCUT2D eigenvalue weighted by Gasteiger charge is 2.20. The van der Waals surface area contributed by atoms with Gasteiger partial charge < -0.3 is 5.32 Å². The van der Waals surface area contributed by atoms with Crippen LogP contribution in [0.5, 0.6) is 0 Å². The molecule has 0 aromatic carbocycles. The van der Waals surface area contributed by atoms with Crippen molar-refractivity contribution in [2.75, 3.05) is 13.1 Å². The summed E-state index contributed by atoms with van der Waals surface area (Å²) in [6, 6.07) is 0. The van der Waals surface area contributed by atoms with Gasteiger partial charge in [0.1, 0.15) is 0 Å². The van der Waals surface area contributed by atoms with Gasteiger partial charge in [-0.25, -0.2) is 0 Å². The topological polar surface area (TPSA) is 12.0 Å². The summed E-state index contributed by atoms with van der Waals surface area (Å²) in [7, 11) is 0. The second-order valence-electron chi connectivity index (χ2n) is 4.72. The predicted molar refractivity (Wildman–Crippen MR) is 61.1 cm³/mol. The van der Waals surface area contributed by atoms with E-state index in [0.717, 1.165) is 17.8 Å². The Kier molecular flexibility index (Phi) is 3.41. The van der Waals surface area contributed by atoms with Crippen LogP contribution in [0.2, 0.25) is 0 Å². The van der Waals surface area contributed by atoms with Gasteiger partial charge in [-0.05, 0) is 50.1 Å². The predicted octanol–water partition coefficient (Wildman–Crippen LogP) is 2.75. The molecule has 0 aromatic rings. The quantitative estimate of drug-likeness (QED) is 0.707. The lowest BCUT2D eigenvalue weighted by atomic mass is 9.80. The average Bonchev–Trinajstić information content (AvgIpc) is 2.23. The maximum Gasteiger partial charge on any atom is -0.00463 e. The van der Waals surface area contributed by atoms with Gasteiger partial charge in [0.15, 0.2) is 0 Å². The van der Waals surface area contributed by atoms with Crippen LogP contribution >= 0.6 is 0 Å². The Labute approximate surface area is 87.3 Å². The van der Waals surface area contributed by atoms with Crippen LogP contribution in [0.25, 0.3) is 0 Å². The summed E-state index contributed by atoms with van der Waals surface area (Å²) < 4.78 is 0. The van der Waals surface area contributed by atoms with Crippen LogP contribution in [0.4, 0.5) is 0 Å². The van der Waals surface area contributed by atoms with E-state index >= 15 is 0 Å². The molecule has 1 N–H and O–H groups in total. The molecular formula is C13H21N. The summed E-state index contributed by atoms with van der Waals surface area (Å²) in [6.07, 6.45) is 13.3. The molecular weight excluding hydrogens is 170 g/mol. The Hall–Kier alpha value is -0.560. The summed E-state index contributed by atoms with van der Waals surface area (Å²) >= 11 is 0. The van der Waals surface area contributed by atoms with Crippen LogP contribution in [0.3, 0.4) is 0 Å². The van der Waals surface area contributed by atoms with Crippen molar-refractivity contribution in [2.45, 2.75) is 26.2 Å². The average molecular weight is 191 g/mol. The molecule has 2 atom stereocenters. The first-order valence-corrected chi connectivity index (χ1v) is 5.92. The van der Waals surface area contributed by atoms with Crippen molar-refractivity contribution in [3.63, 3.8) is 0 Å². The molecule has 1 aliphatic heterocycles. The Balaban J connectivity index is 1.83.